The van der Waals surface area contributed by atoms with Crippen molar-refractivity contribution in [1.82, 2.24) is 14.4 Å². The molecule has 0 aliphatic carbocycles. The third kappa shape index (κ3) is 1.20. The van der Waals surface area contributed by atoms with Crippen molar-refractivity contribution in [2.24, 2.45) is 0 Å². The molecule has 0 amide bonds. The van der Waals surface area contributed by atoms with Crippen LogP contribution < -0.4 is 0 Å². The van der Waals surface area contributed by atoms with Gasteiger partial charge in [0.2, 0.25) is 0 Å². The molecule has 2 aromatic heterocycles. The molecule has 0 radical (unpaired) electrons. The highest BCUT2D eigenvalue weighted by molar-refractivity contribution is 14.1. The van der Waals surface area contributed by atoms with Crippen LogP contribution in [-0.2, 0) is 0 Å². The summed E-state index contributed by atoms with van der Waals surface area (Å²) in [5.74, 6) is 0. The average molecular weight is 279 g/mol. The van der Waals surface area contributed by atoms with Crippen LogP contribution in [0.2, 0.25) is 5.15 Å². The summed E-state index contributed by atoms with van der Waals surface area (Å²) in [5, 5.41) is 0.446. The molecule has 3 nitrogen and oxygen atoms in total. The van der Waals surface area contributed by atoms with Crippen LogP contribution in [0.1, 0.15) is 0 Å². The van der Waals surface area contributed by atoms with Gasteiger partial charge in [-0.3, -0.25) is 0 Å². The van der Waals surface area contributed by atoms with E-state index in [0.717, 1.165) is 3.70 Å². The summed E-state index contributed by atoms with van der Waals surface area (Å²) in [4.78, 5) is 8.07. The van der Waals surface area contributed by atoms with Crippen molar-refractivity contribution in [3.63, 3.8) is 0 Å². The van der Waals surface area contributed by atoms with Gasteiger partial charge < -0.3 is 4.40 Å². The zero-order valence-corrected chi connectivity index (χ0v) is 8.24. The normalized spacial score (nSPS) is 10.7. The summed E-state index contributed by atoms with van der Waals surface area (Å²) in [5.41, 5.74) is 0.701. The number of aromatic nitrogens is 3. The van der Waals surface area contributed by atoms with Crippen LogP contribution in [0.3, 0.4) is 0 Å². The minimum atomic E-state index is 0.446. The Labute approximate surface area is 81.6 Å². The largest absolute Gasteiger partial charge is 0.302 e. The molecule has 0 fully saturated rings. The smallest absolute Gasteiger partial charge is 0.174 e. The number of nitrogens with zero attached hydrogens (tertiary/aromatic N) is 3. The van der Waals surface area contributed by atoms with Gasteiger partial charge in [0, 0.05) is 18.6 Å². The highest BCUT2D eigenvalue weighted by Gasteiger charge is 2.01. The lowest BCUT2D eigenvalue weighted by molar-refractivity contribution is 1.10. The number of hydrogen-bond donors (Lipinski definition) is 0. The molecule has 0 aromatic carbocycles. The van der Waals surface area contributed by atoms with Crippen LogP contribution in [0.25, 0.3) is 5.65 Å². The SMILES string of the molecule is Clc1nc(I)cn2ccnc12. The Bertz CT molecular complexity index is 398. The first kappa shape index (κ1) is 7.30. The quantitative estimate of drug-likeness (QED) is 0.690. The van der Waals surface area contributed by atoms with E-state index >= 15 is 0 Å². The fraction of sp³-hybridized carbons (Fsp3) is 0. The second kappa shape index (κ2) is 2.60. The molecule has 2 heterocycles. The maximum absolute atomic E-state index is 5.80. The van der Waals surface area contributed by atoms with Gasteiger partial charge >= 0.3 is 0 Å². The summed E-state index contributed by atoms with van der Waals surface area (Å²) in [6.45, 7) is 0. The van der Waals surface area contributed by atoms with Crippen LogP contribution in [0.15, 0.2) is 18.6 Å². The molecule has 0 aliphatic heterocycles. The Kier molecular flexibility index (Phi) is 1.72. The van der Waals surface area contributed by atoms with Gasteiger partial charge in [-0.2, -0.15) is 0 Å². The zero-order valence-electron chi connectivity index (χ0n) is 5.33. The highest BCUT2D eigenvalue weighted by Crippen LogP contribution is 2.13. The molecule has 5 heteroatoms. The molecule has 0 aliphatic rings. The summed E-state index contributed by atoms with van der Waals surface area (Å²) in [7, 11) is 0. The maximum atomic E-state index is 5.80. The Morgan fingerprint density at radius 2 is 2.36 bits per heavy atom. The van der Waals surface area contributed by atoms with E-state index in [1.165, 1.54) is 0 Å². The second-order valence-corrected chi connectivity index (χ2v) is 3.48. The minimum absolute atomic E-state index is 0.446. The topological polar surface area (TPSA) is 30.2 Å². The lowest BCUT2D eigenvalue weighted by Gasteiger charge is -1.95. The van der Waals surface area contributed by atoms with Crippen LogP contribution in [0.4, 0.5) is 0 Å². The Hall–Kier alpha value is -0.360. The van der Waals surface area contributed by atoms with E-state index in [9.17, 15) is 0 Å². The maximum Gasteiger partial charge on any atom is 0.174 e. The fourth-order valence-corrected chi connectivity index (χ4v) is 1.79. The molecule has 0 unspecified atom stereocenters. The molecule has 56 valence electrons. The summed E-state index contributed by atoms with van der Waals surface area (Å²) < 4.78 is 2.70. The van der Waals surface area contributed by atoms with E-state index in [1.807, 2.05) is 16.8 Å². The van der Waals surface area contributed by atoms with Crippen molar-refractivity contribution in [3.05, 3.63) is 27.4 Å². The predicted molar refractivity (Wildman–Crippen MR) is 50.7 cm³/mol. The minimum Gasteiger partial charge on any atom is -0.302 e. The van der Waals surface area contributed by atoms with E-state index in [4.69, 9.17) is 11.6 Å². The third-order valence-corrected chi connectivity index (χ3v) is 2.08. The first-order valence-electron chi connectivity index (χ1n) is 2.92. The molecular weight excluding hydrogens is 276 g/mol. The average Bonchev–Trinajstić information content (AvgIpc) is 2.34. The molecule has 0 N–H and O–H groups in total. The third-order valence-electron chi connectivity index (χ3n) is 1.30. The number of rotatable bonds is 0. The first-order chi connectivity index (χ1) is 5.27. The standard InChI is InChI=1S/C6H3ClIN3/c7-5-6-9-1-2-11(6)3-4(8)10-5/h1-3H. The van der Waals surface area contributed by atoms with Gasteiger partial charge in [-0.15, -0.1) is 0 Å². The van der Waals surface area contributed by atoms with Gasteiger partial charge in [-0.1, -0.05) is 11.6 Å². The molecular formula is C6H3ClIN3. The summed E-state index contributed by atoms with van der Waals surface area (Å²) >= 11 is 7.91. The van der Waals surface area contributed by atoms with Gasteiger partial charge in [0.15, 0.2) is 10.8 Å². The molecule has 0 bridgehead atoms. The van der Waals surface area contributed by atoms with E-state index in [0.29, 0.717) is 10.8 Å². The van der Waals surface area contributed by atoms with Crippen molar-refractivity contribution in [2.75, 3.05) is 0 Å². The molecule has 2 aromatic rings. The lowest BCUT2D eigenvalue weighted by atomic mass is 10.7. The van der Waals surface area contributed by atoms with Gasteiger partial charge in [0.05, 0.1) is 0 Å². The van der Waals surface area contributed by atoms with Crippen molar-refractivity contribution in [2.45, 2.75) is 0 Å². The second-order valence-electron chi connectivity index (χ2n) is 2.01. The lowest BCUT2D eigenvalue weighted by Crippen LogP contribution is -1.90. The molecule has 0 spiro atoms. The highest BCUT2D eigenvalue weighted by atomic mass is 127. The van der Waals surface area contributed by atoms with Crippen LogP contribution in [-0.4, -0.2) is 14.4 Å². The van der Waals surface area contributed by atoms with Crippen LogP contribution in [0.5, 0.6) is 0 Å². The van der Waals surface area contributed by atoms with Crippen molar-refractivity contribution in [3.8, 4) is 0 Å². The zero-order chi connectivity index (χ0) is 7.84. The number of fused-ring (bicyclic) bond motifs is 1. The fourth-order valence-electron chi connectivity index (χ4n) is 0.864. The van der Waals surface area contributed by atoms with Gasteiger partial charge in [-0.05, 0) is 22.6 Å². The van der Waals surface area contributed by atoms with Crippen LogP contribution in [0, 0.1) is 3.70 Å². The summed E-state index contributed by atoms with van der Waals surface area (Å²) in [6.07, 6.45) is 5.40. The van der Waals surface area contributed by atoms with E-state index in [1.54, 1.807) is 6.20 Å². The van der Waals surface area contributed by atoms with Gasteiger partial charge in [-0.25, -0.2) is 9.97 Å². The summed E-state index contributed by atoms with van der Waals surface area (Å²) in [6, 6.07) is 0. The molecule has 2 rings (SSSR count). The van der Waals surface area contributed by atoms with Crippen molar-refractivity contribution >= 4 is 39.8 Å². The molecule has 0 saturated carbocycles. The van der Waals surface area contributed by atoms with Crippen LogP contribution >= 0.6 is 34.2 Å². The van der Waals surface area contributed by atoms with Crippen molar-refractivity contribution < 1.29 is 0 Å². The van der Waals surface area contributed by atoms with Crippen molar-refractivity contribution in [1.29, 1.82) is 0 Å². The predicted octanol–water partition coefficient (Wildman–Crippen LogP) is 1.99. The number of imidazole rings is 1. The Morgan fingerprint density at radius 1 is 1.55 bits per heavy atom. The Morgan fingerprint density at radius 3 is 3.18 bits per heavy atom. The monoisotopic (exact) mass is 279 g/mol. The van der Waals surface area contributed by atoms with E-state index in [-0.39, 0.29) is 0 Å². The van der Waals surface area contributed by atoms with Gasteiger partial charge in [0.1, 0.15) is 3.70 Å². The Balaban J connectivity index is 2.91. The first-order valence-corrected chi connectivity index (χ1v) is 4.38. The van der Waals surface area contributed by atoms with Gasteiger partial charge in [0.25, 0.3) is 0 Å². The molecule has 0 atom stereocenters. The molecule has 0 saturated heterocycles. The van der Waals surface area contributed by atoms with E-state index < -0.39 is 0 Å². The number of hydrogen-bond acceptors (Lipinski definition) is 2. The number of halogens is 2. The molecule has 11 heavy (non-hydrogen) atoms. The van der Waals surface area contributed by atoms with E-state index in [2.05, 4.69) is 32.6 Å².